The van der Waals surface area contributed by atoms with Gasteiger partial charge in [0, 0.05) is 0 Å². The van der Waals surface area contributed by atoms with E-state index in [4.69, 9.17) is 5.73 Å². The first-order valence-corrected chi connectivity index (χ1v) is 5.51. The molecule has 11 heavy (non-hydrogen) atoms. The van der Waals surface area contributed by atoms with E-state index in [1.54, 1.807) is 0 Å². The molecule has 0 bridgehead atoms. The molecule has 1 atom stereocenters. The first-order valence-electron chi connectivity index (χ1n) is 4.36. The fraction of sp³-hybridized carbons (Fsp3) is 0.778. The summed E-state index contributed by atoms with van der Waals surface area (Å²) >= 11 is 2.09. The summed E-state index contributed by atoms with van der Waals surface area (Å²) in [5.41, 5.74) is 5.37. The Bertz CT molecular complexity index is 117. The van der Waals surface area contributed by atoms with E-state index in [-0.39, 0.29) is 0 Å². The standard InChI is InChI=1S/C9H17NS/c10-6-3-1-2-4-9-5-7-11-8-9/h1-2,9H,3-8,10H2/b2-1-. The van der Waals surface area contributed by atoms with Crippen molar-refractivity contribution in [3.63, 3.8) is 0 Å². The van der Waals surface area contributed by atoms with Crippen LogP contribution in [0, 0.1) is 5.92 Å². The lowest BCUT2D eigenvalue weighted by atomic mass is 10.1. The molecule has 1 heterocycles. The number of hydrogen-bond acceptors (Lipinski definition) is 2. The average Bonchev–Trinajstić information content (AvgIpc) is 2.50. The van der Waals surface area contributed by atoms with Crippen molar-refractivity contribution >= 4 is 11.8 Å². The van der Waals surface area contributed by atoms with Crippen LogP contribution in [0.5, 0.6) is 0 Å². The number of rotatable bonds is 4. The van der Waals surface area contributed by atoms with Gasteiger partial charge >= 0.3 is 0 Å². The Balaban J connectivity index is 2.01. The van der Waals surface area contributed by atoms with Gasteiger partial charge in [-0.15, -0.1) is 0 Å². The van der Waals surface area contributed by atoms with Crippen molar-refractivity contribution in [1.82, 2.24) is 0 Å². The van der Waals surface area contributed by atoms with E-state index in [1.807, 2.05) is 0 Å². The predicted molar refractivity (Wildman–Crippen MR) is 52.9 cm³/mol. The molecule has 0 aromatic carbocycles. The van der Waals surface area contributed by atoms with Crippen molar-refractivity contribution in [2.24, 2.45) is 11.7 Å². The second-order valence-corrected chi connectivity index (χ2v) is 4.16. The lowest BCUT2D eigenvalue weighted by Crippen LogP contribution is -1.97. The molecule has 0 aliphatic carbocycles. The summed E-state index contributed by atoms with van der Waals surface area (Å²) in [6.45, 7) is 0.788. The van der Waals surface area contributed by atoms with Gasteiger partial charge in [0.25, 0.3) is 0 Å². The van der Waals surface area contributed by atoms with Crippen molar-refractivity contribution in [3.8, 4) is 0 Å². The molecule has 2 N–H and O–H groups in total. The Hall–Kier alpha value is 0.0500. The van der Waals surface area contributed by atoms with Crippen molar-refractivity contribution in [3.05, 3.63) is 12.2 Å². The van der Waals surface area contributed by atoms with Crippen LogP contribution in [0.2, 0.25) is 0 Å². The molecule has 1 aliphatic rings. The lowest BCUT2D eigenvalue weighted by molar-refractivity contribution is 0.608. The van der Waals surface area contributed by atoms with E-state index in [2.05, 4.69) is 23.9 Å². The molecule has 1 fully saturated rings. The van der Waals surface area contributed by atoms with E-state index >= 15 is 0 Å². The molecule has 0 aromatic heterocycles. The van der Waals surface area contributed by atoms with Gasteiger partial charge in [0.2, 0.25) is 0 Å². The monoisotopic (exact) mass is 171 g/mol. The zero-order valence-corrected chi connectivity index (χ0v) is 7.78. The molecular weight excluding hydrogens is 154 g/mol. The highest BCUT2D eigenvalue weighted by atomic mass is 32.2. The molecule has 0 aromatic rings. The zero-order valence-electron chi connectivity index (χ0n) is 6.96. The van der Waals surface area contributed by atoms with Crippen LogP contribution in [0.15, 0.2) is 12.2 Å². The molecule has 2 heteroatoms. The van der Waals surface area contributed by atoms with Crippen molar-refractivity contribution in [2.75, 3.05) is 18.1 Å². The van der Waals surface area contributed by atoms with Gasteiger partial charge in [-0.05, 0) is 43.2 Å². The summed E-state index contributed by atoms with van der Waals surface area (Å²) < 4.78 is 0. The topological polar surface area (TPSA) is 26.0 Å². The minimum Gasteiger partial charge on any atom is -0.330 e. The second-order valence-electron chi connectivity index (χ2n) is 3.01. The van der Waals surface area contributed by atoms with Gasteiger partial charge < -0.3 is 5.73 Å². The van der Waals surface area contributed by atoms with Gasteiger partial charge in [-0.25, -0.2) is 0 Å². The van der Waals surface area contributed by atoms with E-state index in [0.29, 0.717) is 0 Å². The first kappa shape index (κ1) is 9.14. The molecule has 1 nitrogen and oxygen atoms in total. The fourth-order valence-corrected chi connectivity index (χ4v) is 2.57. The number of allylic oxidation sites excluding steroid dienone is 1. The van der Waals surface area contributed by atoms with Crippen LogP contribution in [0.3, 0.4) is 0 Å². The normalized spacial score (nSPS) is 25.0. The molecule has 1 unspecified atom stereocenters. The van der Waals surface area contributed by atoms with Gasteiger partial charge in [0.1, 0.15) is 0 Å². The number of hydrogen-bond donors (Lipinski definition) is 1. The SMILES string of the molecule is NCC/C=C\CC1CCSC1. The fourth-order valence-electron chi connectivity index (χ4n) is 1.27. The Morgan fingerprint density at radius 3 is 3.00 bits per heavy atom. The molecule has 0 amide bonds. The highest BCUT2D eigenvalue weighted by molar-refractivity contribution is 7.99. The second kappa shape index (κ2) is 5.67. The Morgan fingerprint density at radius 2 is 2.36 bits per heavy atom. The van der Waals surface area contributed by atoms with Crippen LogP contribution in [0.4, 0.5) is 0 Å². The third kappa shape index (κ3) is 3.82. The van der Waals surface area contributed by atoms with E-state index in [0.717, 1.165) is 18.9 Å². The van der Waals surface area contributed by atoms with Crippen molar-refractivity contribution in [2.45, 2.75) is 19.3 Å². The highest BCUT2D eigenvalue weighted by Crippen LogP contribution is 2.26. The summed E-state index contributed by atoms with van der Waals surface area (Å²) in [5.74, 6) is 3.69. The quantitative estimate of drug-likeness (QED) is 0.655. The van der Waals surface area contributed by atoms with Crippen LogP contribution in [0.25, 0.3) is 0 Å². The van der Waals surface area contributed by atoms with Gasteiger partial charge in [0.15, 0.2) is 0 Å². The van der Waals surface area contributed by atoms with Crippen molar-refractivity contribution < 1.29 is 0 Å². The van der Waals surface area contributed by atoms with Crippen LogP contribution >= 0.6 is 11.8 Å². The summed E-state index contributed by atoms with van der Waals surface area (Å²) in [5, 5.41) is 0. The Kier molecular flexibility index (Phi) is 4.71. The smallest absolute Gasteiger partial charge is 0.00359 e. The summed E-state index contributed by atoms with van der Waals surface area (Å²) in [4.78, 5) is 0. The highest BCUT2D eigenvalue weighted by Gasteiger charge is 2.12. The Labute approximate surface area is 73.4 Å². The maximum atomic E-state index is 5.37. The molecule has 1 aliphatic heterocycles. The van der Waals surface area contributed by atoms with Gasteiger partial charge in [-0.1, -0.05) is 12.2 Å². The minimum absolute atomic E-state index is 0.788. The minimum atomic E-state index is 0.788. The Morgan fingerprint density at radius 1 is 1.45 bits per heavy atom. The van der Waals surface area contributed by atoms with Gasteiger partial charge in [0.05, 0.1) is 0 Å². The predicted octanol–water partition coefficient (Wildman–Crippen LogP) is 2.03. The molecular formula is C9H17NS. The molecule has 64 valence electrons. The van der Waals surface area contributed by atoms with Crippen LogP contribution in [0.1, 0.15) is 19.3 Å². The van der Waals surface area contributed by atoms with Crippen molar-refractivity contribution in [1.29, 1.82) is 0 Å². The zero-order chi connectivity index (χ0) is 7.94. The average molecular weight is 171 g/mol. The van der Waals surface area contributed by atoms with Crippen LogP contribution < -0.4 is 5.73 Å². The molecule has 1 rings (SSSR count). The van der Waals surface area contributed by atoms with Gasteiger partial charge in [-0.3, -0.25) is 0 Å². The van der Waals surface area contributed by atoms with E-state index < -0.39 is 0 Å². The number of thioether (sulfide) groups is 1. The van der Waals surface area contributed by atoms with E-state index in [9.17, 15) is 0 Å². The molecule has 0 radical (unpaired) electrons. The first-order chi connectivity index (χ1) is 5.43. The van der Waals surface area contributed by atoms with Gasteiger partial charge in [-0.2, -0.15) is 11.8 Å². The molecule has 1 saturated heterocycles. The summed E-state index contributed by atoms with van der Waals surface area (Å²) in [6.07, 6.45) is 8.23. The largest absolute Gasteiger partial charge is 0.330 e. The maximum Gasteiger partial charge on any atom is -0.00359 e. The summed E-state index contributed by atoms with van der Waals surface area (Å²) in [6, 6.07) is 0. The molecule has 0 spiro atoms. The lowest BCUT2D eigenvalue weighted by Gasteiger charge is -2.01. The molecule has 0 saturated carbocycles. The van der Waals surface area contributed by atoms with Crippen LogP contribution in [-0.4, -0.2) is 18.1 Å². The third-order valence-electron chi connectivity index (χ3n) is 1.99. The summed E-state index contributed by atoms with van der Waals surface area (Å²) in [7, 11) is 0. The number of nitrogens with two attached hydrogens (primary N) is 1. The van der Waals surface area contributed by atoms with E-state index in [1.165, 1.54) is 24.3 Å². The van der Waals surface area contributed by atoms with Crippen LogP contribution in [-0.2, 0) is 0 Å². The maximum absolute atomic E-state index is 5.37. The third-order valence-corrected chi connectivity index (χ3v) is 3.22.